The number of halogens is 1. The summed E-state index contributed by atoms with van der Waals surface area (Å²) in [7, 11) is 2.12. The Morgan fingerprint density at radius 2 is 1.91 bits per heavy atom. The van der Waals surface area contributed by atoms with E-state index in [2.05, 4.69) is 40.0 Å². The van der Waals surface area contributed by atoms with E-state index in [1.165, 1.54) is 16.0 Å². The van der Waals surface area contributed by atoms with Gasteiger partial charge in [-0.2, -0.15) is 0 Å². The Balaban J connectivity index is 1.62. The van der Waals surface area contributed by atoms with Crippen molar-refractivity contribution >= 4 is 49.2 Å². The summed E-state index contributed by atoms with van der Waals surface area (Å²) in [6, 6.07) is 16.0. The van der Waals surface area contributed by atoms with Crippen molar-refractivity contribution in [1.82, 2.24) is 14.5 Å². The molecule has 3 heterocycles. The zero-order chi connectivity index (χ0) is 22.9. The third-order valence-electron chi connectivity index (χ3n) is 5.72. The fourth-order valence-corrected chi connectivity index (χ4v) is 6.64. The van der Waals surface area contributed by atoms with Gasteiger partial charge in [-0.15, -0.1) is 11.3 Å². The third kappa shape index (κ3) is 4.62. The molecule has 0 saturated carbocycles. The molecule has 0 spiro atoms. The smallest absolute Gasteiger partial charge is 0.267 e. The van der Waals surface area contributed by atoms with Crippen LogP contribution in [0.5, 0.6) is 5.75 Å². The second kappa shape index (κ2) is 9.62. The quantitative estimate of drug-likeness (QED) is 0.225. The number of likely N-dealkylation sites (N-methyl/N-ethyl adjacent to an activating group) is 1. The van der Waals surface area contributed by atoms with Crippen LogP contribution in [0.25, 0.3) is 15.9 Å². The Hall–Kier alpha value is -2.13. The Morgan fingerprint density at radius 1 is 1.15 bits per heavy atom. The molecule has 0 aliphatic carbocycles. The van der Waals surface area contributed by atoms with E-state index in [0.717, 1.165) is 51.4 Å². The number of rotatable bonds is 6. The van der Waals surface area contributed by atoms with Crippen molar-refractivity contribution in [2.75, 3.05) is 20.2 Å². The van der Waals surface area contributed by atoms with Gasteiger partial charge in [0.15, 0.2) is 5.16 Å². The van der Waals surface area contributed by atoms with Crippen molar-refractivity contribution < 1.29 is 4.74 Å². The molecule has 8 heteroatoms. The zero-order valence-electron chi connectivity index (χ0n) is 18.5. The van der Waals surface area contributed by atoms with Crippen LogP contribution in [-0.2, 0) is 18.7 Å². The highest BCUT2D eigenvalue weighted by molar-refractivity contribution is 9.10. The van der Waals surface area contributed by atoms with Gasteiger partial charge < -0.3 is 9.64 Å². The highest BCUT2D eigenvalue weighted by Crippen LogP contribution is 2.34. The number of thioether (sulfide) groups is 1. The normalized spacial score (nSPS) is 13.9. The second-order valence-electron chi connectivity index (χ2n) is 8.05. The molecule has 0 fully saturated rings. The lowest BCUT2D eigenvalue weighted by molar-refractivity contribution is 0.318. The molecule has 1 aliphatic rings. The number of aromatic nitrogens is 2. The first-order chi connectivity index (χ1) is 16.0. The summed E-state index contributed by atoms with van der Waals surface area (Å²) in [6.07, 6.45) is 0.886. The SMILES string of the molecule is CCOc1ccc(-n2c(SCc3ccc(Br)cc3)nc3sc4c(c3c2=O)CCN(C)C4)cc1. The van der Waals surface area contributed by atoms with E-state index in [0.29, 0.717) is 11.8 Å². The lowest BCUT2D eigenvalue weighted by Gasteiger charge is -2.21. The molecule has 0 amide bonds. The molecule has 0 bridgehead atoms. The van der Waals surface area contributed by atoms with E-state index in [9.17, 15) is 4.79 Å². The molecule has 5 rings (SSSR count). The van der Waals surface area contributed by atoms with Gasteiger partial charge >= 0.3 is 0 Å². The predicted octanol–water partition coefficient (Wildman–Crippen LogP) is 5.89. The van der Waals surface area contributed by atoms with Crippen molar-refractivity contribution in [3.05, 3.63) is 79.4 Å². The minimum Gasteiger partial charge on any atom is -0.494 e. The van der Waals surface area contributed by atoms with Crippen molar-refractivity contribution in [2.24, 2.45) is 0 Å². The van der Waals surface area contributed by atoms with Gasteiger partial charge in [0.2, 0.25) is 0 Å². The van der Waals surface area contributed by atoms with Crippen molar-refractivity contribution in [1.29, 1.82) is 0 Å². The summed E-state index contributed by atoms with van der Waals surface area (Å²) in [5.41, 5.74) is 3.19. The summed E-state index contributed by atoms with van der Waals surface area (Å²) < 4.78 is 8.42. The standard InChI is InChI=1S/C25H24BrN3O2S2/c1-3-31-19-10-8-18(9-11-19)29-24(30)22-20-12-13-28(2)14-21(20)33-23(22)27-25(29)32-15-16-4-6-17(26)7-5-16/h4-11H,3,12-15H2,1-2H3. The highest BCUT2D eigenvalue weighted by Gasteiger charge is 2.24. The summed E-state index contributed by atoms with van der Waals surface area (Å²) in [5.74, 6) is 1.53. The van der Waals surface area contributed by atoms with Crippen molar-refractivity contribution in [2.45, 2.75) is 30.8 Å². The molecule has 5 nitrogen and oxygen atoms in total. The number of thiophene rings is 1. The number of hydrogen-bond acceptors (Lipinski definition) is 6. The molecule has 0 N–H and O–H groups in total. The van der Waals surface area contributed by atoms with Crippen LogP contribution in [0.2, 0.25) is 0 Å². The van der Waals surface area contributed by atoms with Gasteiger partial charge in [-0.1, -0.05) is 39.8 Å². The van der Waals surface area contributed by atoms with E-state index in [-0.39, 0.29) is 5.56 Å². The molecule has 170 valence electrons. The summed E-state index contributed by atoms with van der Waals surface area (Å²) >= 11 is 6.75. The molecule has 2 aromatic carbocycles. The van der Waals surface area contributed by atoms with E-state index in [4.69, 9.17) is 9.72 Å². The summed E-state index contributed by atoms with van der Waals surface area (Å²) in [4.78, 5) is 23.3. The van der Waals surface area contributed by atoms with Gasteiger partial charge in [0.1, 0.15) is 10.6 Å². The van der Waals surface area contributed by atoms with Gasteiger partial charge in [0.05, 0.1) is 17.7 Å². The van der Waals surface area contributed by atoms with Crippen LogP contribution in [0, 0.1) is 0 Å². The molecule has 0 unspecified atom stereocenters. The highest BCUT2D eigenvalue weighted by atomic mass is 79.9. The fraction of sp³-hybridized carbons (Fsp3) is 0.280. The average Bonchev–Trinajstić information content (AvgIpc) is 3.17. The van der Waals surface area contributed by atoms with E-state index < -0.39 is 0 Å². The minimum atomic E-state index is 0.0181. The second-order valence-corrected chi connectivity index (χ2v) is 11.0. The number of hydrogen-bond donors (Lipinski definition) is 0. The van der Waals surface area contributed by atoms with Crippen LogP contribution in [0.15, 0.2) is 63.0 Å². The molecular formula is C25H24BrN3O2S2. The maximum Gasteiger partial charge on any atom is 0.267 e. The molecule has 0 atom stereocenters. The van der Waals surface area contributed by atoms with Crippen LogP contribution in [-0.4, -0.2) is 34.7 Å². The van der Waals surface area contributed by atoms with E-state index in [1.807, 2.05) is 43.3 Å². The maximum absolute atomic E-state index is 13.9. The van der Waals surface area contributed by atoms with Crippen molar-refractivity contribution in [3.8, 4) is 11.4 Å². The molecule has 33 heavy (non-hydrogen) atoms. The molecule has 0 radical (unpaired) electrons. The molecule has 4 aromatic rings. The predicted molar refractivity (Wildman–Crippen MR) is 140 cm³/mol. The summed E-state index contributed by atoms with van der Waals surface area (Å²) in [6.45, 7) is 4.41. The zero-order valence-corrected chi connectivity index (χ0v) is 21.7. The average molecular weight is 543 g/mol. The van der Waals surface area contributed by atoms with Crippen LogP contribution in [0.3, 0.4) is 0 Å². The Bertz CT molecular complexity index is 1350. The first-order valence-electron chi connectivity index (χ1n) is 10.9. The third-order valence-corrected chi connectivity index (χ3v) is 8.37. The lowest BCUT2D eigenvalue weighted by Crippen LogP contribution is -2.27. The van der Waals surface area contributed by atoms with Gasteiger partial charge in [-0.05, 0) is 67.9 Å². The van der Waals surface area contributed by atoms with Gasteiger partial charge in [-0.25, -0.2) is 4.98 Å². The number of fused-ring (bicyclic) bond motifs is 3. The number of ether oxygens (including phenoxy) is 1. The first-order valence-corrected chi connectivity index (χ1v) is 13.5. The van der Waals surface area contributed by atoms with Crippen LogP contribution >= 0.6 is 39.0 Å². The van der Waals surface area contributed by atoms with E-state index >= 15 is 0 Å². The fourth-order valence-electron chi connectivity index (χ4n) is 4.06. The minimum absolute atomic E-state index is 0.0181. The summed E-state index contributed by atoms with van der Waals surface area (Å²) in [5, 5.41) is 1.50. The Morgan fingerprint density at radius 3 is 2.64 bits per heavy atom. The molecular weight excluding hydrogens is 518 g/mol. The van der Waals surface area contributed by atoms with Gasteiger partial charge in [0.25, 0.3) is 5.56 Å². The molecule has 2 aromatic heterocycles. The monoisotopic (exact) mass is 541 g/mol. The van der Waals surface area contributed by atoms with E-state index in [1.54, 1.807) is 27.7 Å². The Labute approximate surface area is 209 Å². The molecule has 0 saturated heterocycles. The first kappa shape index (κ1) is 22.7. The molecule has 1 aliphatic heterocycles. The topological polar surface area (TPSA) is 47.4 Å². The maximum atomic E-state index is 13.9. The van der Waals surface area contributed by atoms with Crippen LogP contribution in [0.4, 0.5) is 0 Å². The number of nitrogens with zero attached hydrogens (tertiary/aromatic N) is 3. The number of benzene rings is 2. The van der Waals surface area contributed by atoms with Crippen LogP contribution < -0.4 is 10.3 Å². The van der Waals surface area contributed by atoms with Crippen molar-refractivity contribution in [3.63, 3.8) is 0 Å². The van der Waals surface area contributed by atoms with Gasteiger partial charge in [-0.3, -0.25) is 9.36 Å². The van der Waals surface area contributed by atoms with Crippen LogP contribution in [0.1, 0.15) is 22.9 Å². The largest absolute Gasteiger partial charge is 0.494 e. The Kier molecular flexibility index (Phi) is 6.60. The lowest BCUT2D eigenvalue weighted by atomic mass is 10.1. The van der Waals surface area contributed by atoms with Gasteiger partial charge in [0, 0.05) is 28.2 Å².